The molecule has 1 atom stereocenters. The topological polar surface area (TPSA) is 71.4 Å². The summed E-state index contributed by atoms with van der Waals surface area (Å²) in [7, 11) is -3.72. The van der Waals surface area contributed by atoms with Gasteiger partial charge in [-0.2, -0.15) is 0 Å². The lowest BCUT2D eigenvalue weighted by Gasteiger charge is -2.16. The van der Waals surface area contributed by atoms with Crippen molar-refractivity contribution in [2.75, 3.05) is 12.4 Å². The Labute approximate surface area is 83.0 Å². The van der Waals surface area contributed by atoms with Gasteiger partial charge in [0.15, 0.2) is 15.1 Å². The third-order valence-electron chi connectivity index (χ3n) is 1.80. The first-order chi connectivity index (χ1) is 6.33. The molecule has 0 heterocycles. The standard InChI is InChI=1S/C8H15FO4S/c1-6(2)7(8(10)11)14(12,13)5-3-4-9/h6-7H,3-5H2,1-2H3,(H,10,11). The van der Waals surface area contributed by atoms with Crippen LogP contribution >= 0.6 is 0 Å². The molecular weight excluding hydrogens is 211 g/mol. The maximum atomic E-state index is 11.8. The van der Waals surface area contributed by atoms with E-state index in [4.69, 9.17) is 5.11 Å². The van der Waals surface area contributed by atoms with Crippen molar-refractivity contribution >= 4 is 15.8 Å². The van der Waals surface area contributed by atoms with Crippen molar-refractivity contribution in [3.63, 3.8) is 0 Å². The molecule has 0 saturated heterocycles. The van der Waals surface area contributed by atoms with Gasteiger partial charge in [-0.3, -0.25) is 9.18 Å². The predicted molar refractivity (Wildman–Crippen MR) is 50.6 cm³/mol. The highest BCUT2D eigenvalue weighted by atomic mass is 32.2. The summed E-state index contributed by atoms with van der Waals surface area (Å²) in [6, 6.07) is 0. The summed E-state index contributed by atoms with van der Waals surface area (Å²) >= 11 is 0. The average Bonchev–Trinajstić information content (AvgIpc) is 1.98. The fraction of sp³-hybridized carbons (Fsp3) is 0.875. The van der Waals surface area contributed by atoms with Crippen molar-refractivity contribution in [2.45, 2.75) is 25.5 Å². The van der Waals surface area contributed by atoms with Gasteiger partial charge in [0.1, 0.15) is 0 Å². The second-order valence-corrected chi connectivity index (χ2v) is 5.65. The van der Waals surface area contributed by atoms with Gasteiger partial charge in [-0.05, 0) is 12.3 Å². The number of aliphatic carboxylic acids is 1. The van der Waals surface area contributed by atoms with E-state index < -0.39 is 39.4 Å². The van der Waals surface area contributed by atoms with E-state index in [1.54, 1.807) is 0 Å². The van der Waals surface area contributed by atoms with E-state index in [-0.39, 0.29) is 6.42 Å². The van der Waals surface area contributed by atoms with E-state index in [0.29, 0.717) is 0 Å². The molecule has 1 unspecified atom stereocenters. The molecule has 0 rings (SSSR count). The van der Waals surface area contributed by atoms with Crippen LogP contribution in [0.15, 0.2) is 0 Å². The first kappa shape index (κ1) is 13.4. The van der Waals surface area contributed by atoms with Crippen LogP contribution in [-0.4, -0.2) is 37.2 Å². The summed E-state index contributed by atoms with van der Waals surface area (Å²) in [5.41, 5.74) is 0. The van der Waals surface area contributed by atoms with E-state index >= 15 is 0 Å². The fourth-order valence-electron chi connectivity index (χ4n) is 1.24. The molecule has 0 bridgehead atoms. The maximum absolute atomic E-state index is 11.8. The molecule has 6 heteroatoms. The van der Waals surface area contributed by atoms with Crippen molar-refractivity contribution in [2.24, 2.45) is 5.92 Å². The van der Waals surface area contributed by atoms with Gasteiger partial charge in [-0.15, -0.1) is 0 Å². The quantitative estimate of drug-likeness (QED) is 0.729. The minimum absolute atomic E-state index is 0.140. The van der Waals surface area contributed by atoms with Gasteiger partial charge in [0, 0.05) is 0 Å². The monoisotopic (exact) mass is 226 g/mol. The Bertz CT molecular complexity index is 284. The third kappa shape index (κ3) is 3.61. The second-order valence-electron chi connectivity index (χ2n) is 3.41. The second kappa shape index (κ2) is 5.29. The number of hydrogen-bond donors (Lipinski definition) is 1. The van der Waals surface area contributed by atoms with Crippen molar-refractivity contribution in [1.29, 1.82) is 0 Å². The Morgan fingerprint density at radius 3 is 2.21 bits per heavy atom. The maximum Gasteiger partial charge on any atom is 0.322 e. The molecule has 1 N–H and O–H groups in total. The van der Waals surface area contributed by atoms with Crippen LogP contribution in [0.3, 0.4) is 0 Å². The van der Waals surface area contributed by atoms with Crippen molar-refractivity contribution in [3.05, 3.63) is 0 Å². The van der Waals surface area contributed by atoms with Crippen LogP contribution in [0.4, 0.5) is 4.39 Å². The number of carboxylic acid groups (broad SMARTS) is 1. The van der Waals surface area contributed by atoms with Gasteiger partial charge in [0.05, 0.1) is 12.4 Å². The highest BCUT2D eigenvalue weighted by molar-refractivity contribution is 7.92. The molecule has 0 fully saturated rings. The molecule has 0 aromatic carbocycles. The Kier molecular flexibility index (Phi) is 5.04. The SMILES string of the molecule is CC(C)C(C(=O)O)S(=O)(=O)CCCF. The van der Waals surface area contributed by atoms with Gasteiger partial charge in [-0.25, -0.2) is 8.42 Å². The highest BCUT2D eigenvalue weighted by Gasteiger charge is 2.34. The molecule has 0 aliphatic carbocycles. The summed E-state index contributed by atoms with van der Waals surface area (Å²) in [5.74, 6) is -2.27. The molecule has 0 amide bonds. The normalized spacial score (nSPS) is 14.3. The lowest BCUT2D eigenvalue weighted by molar-refractivity contribution is -0.137. The van der Waals surface area contributed by atoms with Gasteiger partial charge in [0.25, 0.3) is 0 Å². The van der Waals surface area contributed by atoms with Crippen LogP contribution in [0, 0.1) is 5.92 Å². The lowest BCUT2D eigenvalue weighted by atomic mass is 10.1. The van der Waals surface area contributed by atoms with E-state index in [9.17, 15) is 17.6 Å². The first-order valence-corrected chi connectivity index (χ1v) is 6.04. The van der Waals surface area contributed by atoms with E-state index in [1.807, 2.05) is 0 Å². The zero-order valence-corrected chi connectivity index (χ0v) is 9.05. The molecule has 0 aliphatic heterocycles. The summed E-state index contributed by atoms with van der Waals surface area (Å²) in [5, 5.41) is 7.28. The molecule has 4 nitrogen and oxygen atoms in total. The summed E-state index contributed by atoms with van der Waals surface area (Å²) in [6.07, 6.45) is -0.140. The Balaban J connectivity index is 4.74. The van der Waals surface area contributed by atoms with Crippen LogP contribution in [0.25, 0.3) is 0 Å². The predicted octanol–water partition coefficient (Wildman–Crippen LogP) is 0.870. The first-order valence-electron chi connectivity index (χ1n) is 4.33. The number of carboxylic acids is 1. The van der Waals surface area contributed by atoms with E-state index in [0.717, 1.165) is 0 Å². The third-order valence-corrected chi connectivity index (χ3v) is 4.18. The smallest absolute Gasteiger partial charge is 0.322 e. The van der Waals surface area contributed by atoms with Crippen LogP contribution < -0.4 is 0 Å². The van der Waals surface area contributed by atoms with Crippen molar-refractivity contribution < 1.29 is 22.7 Å². The summed E-state index contributed by atoms with van der Waals surface area (Å²) in [4.78, 5) is 10.7. The van der Waals surface area contributed by atoms with Gasteiger partial charge in [0.2, 0.25) is 0 Å². The molecule has 0 spiro atoms. The Morgan fingerprint density at radius 2 is 1.93 bits per heavy atom. The number of rotatable bonds is 6. The minimum atomic E-state index is -3.72. The number of sulfone groups is 1. The minimum Gasteiger partial charge on any atom is -0.480 e. The van der Waals surface area contributed by atoms with Crippen molar-refractivity contribution in [1.82, 2.24) is 0 Å². The number of hydrogen-bond acceptors (Lipinski definition) is 3. The zero-order chi connectivity index (χ0) is 11.4. The molecule has 0 radical (unpaired) electrons. The molecule has 14 heavy (non-hydrogen) atoms. The fourth-order valence-corrected chi connectivity index (χ4v) is 3.14. The van der Waals surface area contributed by atoms with Crippen LogP contribution in [-0.2, 0) is 14.6 Å². The van der Waals surface area contributed by atoms with Gasteiger partial charge < -0.3 is 5.11 Å². The molecular formula is C8H15FO4S. The lowest BCUT2D eigenvalue weighted by Crippen LogP contribution is -2.36. The Hall–Kier alpha value is -0.650. The molecule has 0 aromatic rings. The number of carbonyl (C=O) groups is 1. The molecule has 0 aromatic heterocycles. The Morgan fingerprint density at radius 1 is 1.43 bits per heavy atom. The average molecular weight is 226 g/mol. The van der Waals surface area contributed by atoms with Crippen LogP contribution in [0.2, 0.25) is 0 Å². The van der Waals surface area contributed by atoms with Crippen LogP contribution in [0.5, 0.6) is 0 Å². The van der Waals surface area contributed by atoms with E-state index in [2.05, 4.69) is 0 Å². The van der Waals surface area contributed by atoms with Crippen molar-refractivity contribution in [3.8, 4) is 0 Å². The highest BCUT2D eigenvalue weighted by Crippen LogP contribution is 2.14. The largest absolute Gasteiger partial charge is 0.480 e. The summed E-state index contributed by atoms with van der Waals surface area (Å²) < 4.78 is 34.6. The molecule has 0 saturated carbocycles. The summed E-state index contributed by atoms with van der Waals surface area (Å²) in [6.45, 7) is 2.29. The van der Waals surface area contributed by atoms with Gasteiger partial charge >= 0.3 is 5.97 Å². The molecule has 84 valence electrons. The van der Waals surface area contributed by atoms with Crippen LogP contribution in [0.1, 0.15) is 20.3 Å². The number of alkyl halides is 1. The van der Waals surface area contributed by atoms with E-state index in [1.165, 1.54) is 13.8 Å². The zero-order valence-electron chi connectivity index (χ0n) is 8.23. The van der Waals surface area contributed by atoms with Gasteiger partial charge in [-0.1, -0.05) is 13.8 Å². The number of halogens is 1. The molecule has 0 aliphatic rings.